The maximum absolute atomic E-state index is 12.8. The molecule has 0 spiro atoms. The van der Waals surface area contributed by atoms with Crippen molar-refractivity contribution in [3.05, 3.63) is 0 Å². The fourth-order valence-corrected chi connectivity index (χ4v) is 4.77. The summed E-state index contributed by atoms with van der Waals surface area (Å²) in [5, 5.41) is 14.8. The Hall–Kier alpha value is -2.20. The van der Waals surface area contributed by atoms with Crippen molar-refractivity contribution in [2.75, 3.05) is 39.3 Å². The molecule has 0 bridgehead atoms. The van der Waals surface area contributed by atoms with E-state index >= 15 is 0 Å². The first-order valence-electron chi connectivity index (χ1n) is 17.4. The third-order valence-electron chi connectivity index (χ3n) is 7.13. The number of nitrogens with two attached hydrogens (primary N) is 2. The molecule has 0 rings (SSSR count). The summed E-state index contributed by atoms with van der Waals surface area (Å²) in [7, 11) is 0. The zero-order valence-electron chi connectivity index (χ0n) is 29.0. The van der Waals surface area contributed by atoms with Crippen molar-refractivity contribution in [3.8, 4) is 0 Å². The van der Waals surface area contributed by atoms with E-state index < -0.39 is 11.9 Å². The van der Waals surface area contributed by atoms with Crippen LogP contribution in [0.25, 0.3) is 0 Å². The summed E-state index contributed by atoms with van der Waals surface area (Å²) in [6, 6.07) is 0. The Bertz CT molecular complexity index is 614. The van der Waals surface area contributed by atoms with Crippen LogP contribution in [0.1, 0.15) is 156 Å². The Kier molecular flexibility index (Phi) is 38.9. The summed E-state index contributed by atoms with van der Waals surface area (Å²) in [5.41, 5.74) is 11.6. The Morgan fingerprint density at radius 1 is 0.455 bits per heavy atom. The van der Waals surface area contributed by atoms with Crippen LogP contribution >= 0.6 is 0 Å². The first-order chi connectivity index (χ1) is 21.1. The molecule has 44 heavy (non-hydrogen) atoms. The molecular weight excluding hydrogens is 560 g/mol. The molecule has 0 aliphatic heterocycles. The van der Waals surface area contributed by atoms with Gasteiger partial charge in [-0.2, -0.15) is 0 Å². The lowest BCUT2D eigenvalue weighted by Gasteiger charge is -2.28. The van der Waals surface area contributed by atoms with Crippen molar-refractivity contribution in [3.63, 3.8) is 0 Å². The lowest BCUT2D eigenvalue weighted by Crippen LogP contribution is -2.44. The number of rotatable bonds is 27. The van der Waals surface area contributed by atoms with E-state index in [9.17, 15) is 9.59 Å². The zero-order chi connectivity index (χ0) is 33.8. The molecule has 0 heterocycles. The van der Waals surface area contributed by atoms with Gasteiger partial charge in [0.1, 0.15) is 0 Å². The molecule has 0 radical (unpaired) electrons. The summed E-state index contributed by atoms with van der Waals surface area (Å²) < 4.78 is 0. The summed E-state index contributed by atoms with van der Waals surface area (Å²) >= 11 is 0. The zero-order valence-corrected chi connectivity index (χ0v) is 29.0. The highest BCUT2D eigenvalue weighted by Crippen LogP contribution is 2.13. The number of aliphatic carboxylic acids is 2. The van der Waals surface area contributed by atoms with E-state index in [4.69, 9.17) is 31.3 Å². The van der Waals surface area contributed by atoms with Crippen LogP contribution in [-0.2, 0) is 19.2 Å². The second-order valence-corrected chi connectivity index (χ2v) is 11.5. The van der Waals surface area contributed by atoms with Gasteiger partial charge >= 0.3 is 0 Å². The van der Waals surface area contributed by atoms with Gasteiger partial charge in [0.05, 0.1) is 0 Å². The number of carboxylic acids is 2. The molecule has 0 fully saturated rings. The smallest absolute Gasteiger partial charge is 0.300 e. The highest BCUT2D eigenvalue weighted by atomic mass is 16.4. The largest absolute Gasteiger partial charge is 0.481 e. The number of unbranched alkanes of at least 4 members (excludes halogenated alkanes) is 16. The monoisotopic (exact) mass is 631 g/mol. The fourth-order valence-electron chi connectivity index (χ4n) is 4.77. The number of nitrogens with zero attached hydrogens (tertiary/aromatic N) is 2. The minimum atomic E-state index is -0.833. The number of hydrogen-bond donors (Lipinski definition) is 4. The molecule has 0 aliphatic carbocycles. The van der Waals surface area contributed by atoms with Gasteiger partial charge in [0.15, 0.2) is 0 Å². The van der Waals surface area contributed by atoms with Gasteiger partial charge in [-0.05, 0) is 12.8 Å². The Labute approximate surface area is 269 Å². The topological polar surface area (TPSA) is 167 Å². The molecule has 10 nitrogen and oxygen atoms in total. The standard InChI is InChI=1S/C30H62N4O2.2C2H4O2/c1-3-5-7-9-11-13-15-17-19-21-29(35)33(25-23-31)27-28-34(26-24-32)30(36)22-20-18-16-14-12-10-8-6-4-2;2*1-2(3)4/h3-28,31-32H2,1-2H3;2*1H3,(H,3,4). The minimum Gasteiger partial charge on any atom is -0.481 e. The fraction of sp³-hybridized carbons (Fsp3) is 0.882. The van der Waals surface area contributed by atoms with Gasteiger partial charge in [0.25, 0.3) is 11.9 Å². The molecule has 262 valence electrons. The minimum absolute atomic E-state index is 0.169. The van der Waals surface area contributed by atoms with E-state index in [0.717, 1.165) is 39.5 Å². The van der Waals surface area contributed by atoms with Gasteiger partial charge in [-0.1, -0.05) is 117 Å². The molecule has 10 heteroatoms. The molecule has 0 aromatic rings. The Morgan fingerprint density at radius 2 is 0.682 bits per heavy atom. The lowest BCUT2D eigenvalue weighted by molar-refractivity contribution is -0.135. The van der Waals surface area contributed by atoms with Crippen LogP contribution in [0.3, 0.4) is 0 Å². The summed E-state index contributed by atoms with van der Waals surface area (Å²) in [6.07, 6.45) is 23.6. The summed E-state index contributed by atoms with van der Waals surface area (Å²) in [5.74, 6) is -1.33. The van der Waals surface area contributed by atoms with Crippen LogP contribution in [0, 0.1) is 0 Å². The van der Waals surface area contributed by atoms with Gasteiger partial charge in [0.2, 0.25) is 11.8 Å². The third-order valence-corrected chi connectivity index (χ3v) is 7.13. The number of carboxylic acid groups (broad SMARTS) is 2. The van der Waals surface area contributed by atoms with E-state index in [1.807, 2.05) is 9.80 Å². The van der Waals surface area contributed by atoms with Crippen LogP contribution in [0.5, 0.6) is 0 Å². The summed E-state index contributed by atoms with van der Waals surface area (Å²) in [6.45, 7) is 9.78. The van der Waals surface area contributed by atoms with E-state index in [2.05, 4.69) is 13.8 Å². The Balaban J connectivity index is -0.00000186. The van der Waals surface area contributed by atoms with E-state index in [1.165, 1.54) is 89.9 Å². The number of hydrogen-bond acceptors (Lipinski definition) is 6. The molecule has 2 amide bonds. The highest BCUT2D eigenvalue weighted by Gasteiger charge is 2.17. The molecule has 0 saturated carbocycles. The maximum atomic E-state index is 12.8. The molecule has 0 aliphatic rings. The number of amides is 2. The van der Waals surface area contributed by atoms with E-state index in [1.54, 1.807) is 0 Å². The molecule has 0 saturated heterocycles. The first-order valence-corrected chi connectivity index (χ1v) is 17.4. The van der Waals surface area contributed by atoms with Crippen molar-refractivity contribution < 1.29 is 29.4 Å². The van der Waals surface area contributed by atoms with Gasteiger partial charge in [0, 0.05) is 66.0 Å². The molecular formula is C34H70N4O6. The second-order valence-electron chi connectivity index (χ2n) is 11.5. The maximum Gasteiger partial charge on any atom is 0.300 e. The third kappa shape index (κ3) is 39.8. The normalized spacial score (nSPS) is 10.2. The van der Waals surface area contributed by atoms with Crippen LogP contribution in [-0.4, -0.2) is 83.0 Å². The van der Waals surface area contributed by atoms with Gasteiger partial charge in [-0.3, -0.25) is 19.2 Å². The number of carbonyl (C=O) groups excluding carboxylic acids is 2. The molecule has 6 N–H and O–H groups in total. The molecule has 0 unspecified atom stereocenters. The van der Waals surface area contributed by atoms with E-state index in [0.29, 0.717) is 52.1 Å². The predicted octanol–water partition coefficient (Wildman–Crippen LogP) is 6.58. The first kappa shape index (κ1) is 46.2. The van der Waals surface area contributed by atoms with Gasteiger partial charge < -0.3 is 31.5 Å². The van der Waals surface area contributed by atoms with Crippen LogP contribution in [0.2, 0.25) is 0 Å². The van der Waals surface area contributed by atoms with Crippen molar-refractivity contribution in [1.82, 2.24) is 9.80 Å². The highest BCUT2D eigenvalue weighted by molar-refractivity contribution is 5.77. The van der Waals surface area contributed by atoms with Crippen LogP contribution < -0.4 is 11.5 Å². The quantitative estimate of drug-likeness (QED) is 0.0738. The van der Waals surface area contributed by atoms with Crippen molar-refractivity contribution in [2.24, 2.45) is 11.5 Å². The summed E-state index contributed by atoms with van der Waals surface area (Å²) in [4.78, 5) is 47.3. The van der Waals surface area contributed by atoms with Crippen LogP contribution in [0.15, 0.2) is 0 Å². The molecule has 0 aromatic heterocycles. The number of carbonyl (C=O) groups is 4. The molecule has 0 atom stereocenters. The van der Waals surface area contributed by atoms with Crippen LogP contribution in [0.4, 0.5) is 0 Å². The average molecular weight is 631 g/mol. The molecule has 0 aromatic carbocycles. The van der Waals surface area contributed by atoms with E-state index in [-0.39, 0.29) is 11.8 Å². The van der Waals surface area contributed by atoms with Gasteiger partial charge in [-0.25, -0.2) is 0 Å². The Morgan fingerprint density at radius 3 is 0.909 bits per heavy atom. The van der Waals surface area contributed by atoms with Crippen molar-refractivity contribution >= 4 is 23.8 Å². The SMILES string of the molecule is CC(=O)O.CC(=O)O.CCCCCCCCCCCC(=O)N(CCN)CCN(CCN)C(=O)CCCCCCCCCCC. The predicted molar refractivity (Wildman–Crippen MR) is 182 cm³/mol. The second kappa shape index (κ2) is 37.0. The van der Waals surface area contributed by atoms with Crippen molar-refractivity contribution in [1.29, 1.82) is 0 Å². The van der Waals surface area contributed by atoms with Gasteiger partial charge in [-0.15, -0.1) is 0 Å². The van der Waals surface area contributed by atoms with Crippen molar-refractivity contribution in [2.45, 2.75) is 156 Å². The average Bonchev–Trinajstić information content (AvgIpc) is 2.96. The lowest BCUT2D eigenvalue weighted by atomic mass is 10.1.